The number of carbonyl (C=O) groups is 2. The normalized spacial score (nSPS) is 15.4. The van der Waals surface area contributed by atoms with Gasteiger partial charge in [0.2, 0.25) is 5.91 Å². The molecule has 1 fully saturated rings. The van der Waals surface area contributed by atoms with E-state index in [-0.39, 0.29) is 17.0 Å². The number of nitriles is 1. The lowest BCUT2D eigenvalue weighted by Crippen LogP contribution is -2.36. The molecule has 1 aliphatic rings. The Morgan fingerprint density at radius 2 is 1.94 bits per heavy atom. The quantitative estimate of drug-likeness (QED) is 0.495. The lowest BCUT2D eigenvalue weighted by Gasteiger charge is -2.25. The van der Waals surface area contributed by atoms with Crippen LogP contribution < -0.4 is 30.7 Å². The highest BCUT2D eigenvalue weighted by Gasteiger charge is 2.15. The number of aromatic nitrogens is 2. The van der Waals surface area contributed by atoms with Gasteiger partial charge in [-0.3, -0.25) is 23.9 Å². The van der Waals surface area contributed by atoms with Gasteiger partial charge in [-0.2, -0.15) is 5.26 Å². The van der Waals surface area contributed by atoms with E-state index < -0.39 is 5.91 Å². The predicted octanol–water partition coefficient (Wildman–Crippen LogP) is 0.410. The van der Waals surface area contributed by atoms with Crippen LogP contribution in [0.2, 0.25) is 0 Å². The summed E-state index contributed by atoms with van der Waals surface area (Å²) in [6.07, 6.45) is 4.93. The lowest BCUT2D eigenvalue weighted by atomic mass is 10.1. The summed E-state index contributed by atoms with van der Waals surface area (Å²) >= 11 is 1.06. The molecular weight excluding hydrogens is 454 g/mol. The zero-order valence-electron chi connectivity index (χ0n) is 19.4. The molecule has 0 aliphatic carbocycles. The molecular formula is C23H29N7O3S. The number of hydrogen-bond acceptors (Lipinski definition) is 8. The SMILES string of the molecule is CCNC(=O)C(C#N)=c1sc(=CNc2cccc(NC(=O)CN3CCCCC3)n2)c(=O)n1CC. The number of likely N-dealkylation sites (tertiary alicyclic amines) is 1. The maximum atomic E-state index is 12.8. The van der Waals surface area contributed by atoms with Gasteiger partial charge in [0.1, 0.15) is 26.9 Å². The number of thiazole rings is 1. The molecule has 0 saturated carbocycles. The zero-order valence-corrected chi connectivity index (χ0v) is 20.2. The molecule has 2 amide bonds. The molecule has 3 N–H and O–H groups in total. The van der Waals surface area contributed by atoms with E-state index in [4.69, 9.17) is 0 Å². The van der Waals surface area contributed by atoms with E-state index in [1.807, 2.05) is 6.07 Å². The van der Waals surface area contributed by atoms with E-state index in [2.05, 4.69) is 25.8 Å². The van der Waals surface area contributed by atoms with E-state index in [1.54, 1.807) is 32.0 Å². The summed E-state index contributed by atoms with van der Waals surface area (Å²) in [6.45, 7) is 6.43. The first-order valence-corrected chi connectivity index (χ1v) is 12.2. The van der Waals surface area contributed by atoms with Crippen LogP contribution in [0.15, 0.2) is 23.0 Å². The highest BCUT2D eigenvalue weighted by Crippen LogP contribution is 2.11. The van der Waals surface area contributed by atoms with Crippen molar-refractivity contribution in [2.75, 3.05) is 36.8 Å². The number of nitrogens with one attached hydrogen (secondary N) is 3. The maximum Gasteiger partial charge on any atom is 0.270 e. The highest BCUT2D eigenvalue weighted by molar-refractivity contribution is 7.07. The summed E-state index contributed by atoms with van der Waals surface area (Å²) in [6, 6.07) is 7.08. The minimum atomic E-state index is -0.511. The van der Waals surface area contributed by atoms with E-state index in [1.165, 1.54) is 17.2 Å². The van der Waals surface area contributed by atoms with Gasteiger partial charge >= 0.3 is 0 Å². The van der Waals surface area contributed by atoms with Crippen molar-refractivity contribution in [2.45, 2.75) is 39.7 Å². The van der Waals surface area contributed by atoms with Crippen LogP contribution in [0.1, 0.15) is 33.1 Å². The number of nitrogens with zero attached hydrogens (tertiary/aromatic N) is 4. The average molecular weight is 484 g/mol. The van der Waals surface area contributed by atoms with Crippen LogP contribution in [0.25, 0.3) is 11.8 Å². The van der Waals surface area contributed by atoms with Gasteiger partial charge in [0.05, 0.1) is 6.54 Å². The van der Waals surface area contributed by atoms with E-state index in [0.29, 0.717) is 40.5 Å². The molecule has 3 heterocycles. The van der Waals surface area contributed by atoms with Crippen LogP contribution in [0.4, 0.5) is 11.6 Å². The molecule has 180 valence electrons. The monoisotopic (exact) mass is 483 g/mol. The number of piperidine rings is 1. The van der Waals surface area contributed by atoms with Gasteiger partial charge in [-0.1, -0.05) is 12.5 Å². The van der Waals surface area contributed by atoms with Crippen molar-refractivity contribution in [3.8, 4) is 6.07 Å². The Morgan fingerprint density at radius 1 is 1.21 bits per heavy atom. The molecule has 0 spiro atoms. The number of amides is 2. The minimum Gasteiger partial charge on any atom is -0.352 e. The molecule has 1 saturated heterocycles. The Bertz CT molecular complexity index is 1250. The largest absolute Gasteiger partial charge is 0.352 e. The molecule has 0 atom stereocenters. The Hall–Kier alpha value is -3.49. The summed E-state index contributed by atoms with van der Waals surface area (Å²) in [5.74, 6) is 0.229. The van der Waals surface area contributed by atoms with Crippen LogP contribution in [0.3, 0.4) is 0 Å². The summed E-state index contributed by atoms with van der Waals surface area (Å²) in [5, 5.41) is 17.9. The molecule has 2 aromatic heterocycles. The standard InChI is InChI=1S/C23H29N7O3S/c1-3-25-21(32)16(13-24)23-30(4-2)22(33)17(34-23)14-26-18-9-8-10-19(27-18)28-20(31)15-29-11-6-5-7-12-29/h8-10,14H,3-7,11-12,15H2,1-2H3,(H,25,32)(H2,26,27,28,31). The minimum absolute atomic E-state index is 0.0954. The molecule has 0 unspecified atom stereocenters. The molecule has 0 radical (unpaired) electrons. The molecule has 0 aromatic carbocycles. The first kappa shape index (κ1) is 25.1. The van der Waals surface area contributed by atoms with Gasteiger partial charge in [0, 0.05) is 19.3 Å². The number of rotatable bonds is 8. The third kappa shape index (κ3) is 6.30. The first-order valence-electron chi connectivity index (χ1n) is 11.3. The predicted molar refractivity (Wildman–Crippen MR) is 132 cm³/mol. The fraction of sp³-hybridized carbons (Fsp3) is 0.435. The van der Waals surface area contributed by atoms with Crippen LogP contribution >= 0.6 is 11.3 Å². The van der Waals surface area contributed by atoms with Gasteiger partial charge in [-0.25, -0.2) is 4.98 Å². The second-order valence-corrected chi connectivity index (χ2v) is 8.78. The second-order valence-electron chi connectivity index (χ2n) is 7.75. The molecule has 11 heteroatoms. The summed E-state index contributed by atoms with van der Waals surface area (Å²) in [5.41, 5.74) is -0.403. The summed E-state index contributed by atoms with van der Waals surface area (Å²) in [4.78, 5) is 43.9. The van der Waals surface area contributed by atoms with Crippen LogP contribution in [0, 0.1) is 11.3 Å². The van der Waals surface area contributed by atoms with Crippen molar-refractivity contribution in [2.24, 2.45) is 0 Å². The third-order valence-corrected chi connectivity index (χ3v) is 6.43. The molecule has 3 rings (SSSR count). The van der Waals surface area contributed by atoms with Crippen molar-refractivity contribution >= 4 is 46.6 Å². The fourth-order valence-electron chi connectivity index (χ4n) is 3.66. The number of pyridine rings is 1. The van der Waals surface area contributed by atoms with Crippen LogP contribution in [-0.4, -0.2) is 52.4 Å². The summed E-state index contributed by atoms with van der Waals surface area (Å²) in [7, 11) is 0. The average Bonchev–Trinajstić information content (AvgIpc) is 3.14. The number of carbonyl (C=O) groups excluding carboxylic acids is 2. The summed E-state index contributed by atoms with van der Waals surface area (Å²) < 4.78 is 2.03. The van der Waals surface area contributed by atoms with E-state index in [0.717, 1.165) is 37.3 Å². The highest BCUT2D eigenvalue weighted by atomic mass is 32.1. The molecule has 0 bridgehead atoms. The zero-order chi connectivity index (χ0) is 24.5. The molecule has 2 aromatic rings. The Morgan fingerprint density at radius 3 is 2.62 bits per heavy atom. The lowest BCUT2D eigenvalue weighted by molar-refractivity contribution is -0.117. The maximum absolute atomic E-state index is 12.8. The first-order chi connectivity index (χ1) is 16.5. The van der Waals surface area contributed by atoms with Crippen molar-refractivity contribution in [1.82, 2.24) is 19.8 Å². The molecule has 1 aliphatic heterocycles. The van der Waals surface area contributed by atoms with Crippen LogP contribution in [0.5, 0.6) is 0 Å². The van der Waals surface area contributed by atoms with Crippen molar-refractivity contribution in [3.63, 3.8) is 0 Å². The van der Waals surface area contributed by atoms with Crippen molar-refractivity contribution in [3.05, 3.63) is 37.7 Å². The van der Waals surface area contributed by atoms with Gasteiger partial charge in [-0.05, 0) is 51.9 Å². The molecule has 10 nitrogen and oxygen atoms in total. The van der Waals surface area contributed by atoms with E-state index >= 15 is 0 Å². The number of anilines is 2. The van der Waals surface area contributed by atoms with Crippen LogP contribution in [-0.2, 0) is 16.1 Å². The second kappa shape index (κ2) is 12.1. The molecule has 34 heavy (non-hydrogen) atoms. The van der Waals surface area contributed by atoms with E-state index in [9.17, 15) is 19.6 Å². The van der Waals surface area contributed by atoms with Crippen molar-refractivity contribution in [1.29, 1.82) is 5.26 Å². The fourth-order valence-corrected chi connectivity index (χ4v) is 4.75. The Kier molecular flexibility index (Phi) is 8.95. The van der Waals surface area contributed by atoms with Gasteiger partial charge in [-0.15, -0.1) is 11.3 Å². The Balaban J connectivity index is 1.80. The van der Waals surface area contributed by atoms with Gasteiger partial charge in [0.25, 0.3) is 11.5 Å². The number of hydrogen-bond donors (Lipinski definition) is 3. The smallest absolute Gasteiger partial charge is 0.270 e. The van der Waals surface area contributed by atoms with Crippen molar-refractivity contribution < 1.29 is 9.59 Å². The third-order valence-electron chi connectivity index (χ3n) is 5.30. The van der Waals surface area contributed by atoms with Gasteiger partial charge in [0.15, 0.2) is 5.57 Å². The van der Waals surface area contributed by atoms with Gasteiger partial charge < -0.3 is 16.0 Å². The topological polar surface area (TPSA) is 132 Å². The Labute approximate surface area is 201 Å².